The Labute approximate surface area is 228 Å². The minimum Gasteiger partial charge on any atom is -0.277 e. The maximum absolute atomic E-state index is 5.31. The number of nitrogens with zero attached hydrogens (tertiary/aromatic N) is 5. The summed E-state index contributed by atoms with van der Waals surface area (Å²) in [6, 6.07) is 42.3. The highest BCUT2D eigenvalue weighted by Gasteiger charge is 2.22. The molecule has 40 heavy (non-hydrogen) atoms. The molecule has 5 heteroatoms. The van der Waals surface area contributed by atoms with Crippen LogP contribution in [-0.4, -0.2) is 23.9 Å². The Balaban J connectivity index is 1.52. The lowest BCUT2D eigenvalue weighted by Crippen LogP contribution is -2.03. The molecule has 0 aliphatic carbocycles. The van der Waals surface area contributed by atoms with E-state index in [1.165, 1.54) is 10.8 Å². The molecule has 5 nitrogen and oxygen atoms in total. The van der Waals surface area contributed by atoms with Crippen LogP contribution < -0.4 is 0 Å². The average Bonchev–Trinajstić information content (AvgIpc) is 3.56. The molecule has 0 bridgehead atoms. The summed E-state index contributed by atoms with van der Waals surface area (Å²) in [6.07, 6.45) is 1.81. The Hall–Kier alpha value is -5.55. The fourth-order valence-corrected chi connectivity index (χ4v) is 6.25. The number of benzene rings is 4. The minimum atomic E-state index is 0.717. The molecule has 0 aliphatic rings. The first-order valence-electron chi connectivity index (χ1n) is 13.4. The molecular formula is C35H21N5. The highest BCUT2D eigenvalue weighted by molar-refractivity contribution is 6.16. The molecule has 0 fully saturated rings. The van der Waals surface area contributed by atoms with Crippen molar-refractivity contribution in [1.82, 2.24) is 23.9 Å². The Kier molecular flexibility index (Phi) is 4.27. The van der Waals surface area contributed by atoms with Gasteiger partial charge >= 0.3 is 0 Å². The zero-order valence-corrected chi connectivity index (χ0v) is 21.4. The summed E-state index contributed by atoms with van der Waals surface area (Å²) >= 11 is 0. The molecule has 0 N–H and O–H groups in total. The van der Waals surface area contributed by atoms with E-state index in [1.54, 1.807) is 0 Å². The summed E-state index contributed by atoms with van der Waals surface area (Å²) in [6.45, 7) is 0. The molecule has 0 spiro atoms. The Morgan fingerprint density at radius 3 is 2.05 bits per heavy atom. The van der Waals surface area contributed by atoms with Crippen molar-refractivity contribution in [1.29, 1.82) is 0 Å². The summed E-state index contributed by atoms with van der Waals surface area (Å²) in [7, 11) is 0. The van der Waals surface area contributed by atoms with Gasteiger partial charge in [0.2, 0.25) is 0 Å². The molecule has 0 aliphatic heterocycles. The van der Waals surface area contributed by atoms with Gasteiger partial charge in [-0.25, -0.2) is 15.0 Å². The van der Waals surface area contributed by atoms with Crippen LogP contribution in [0.1, 0.15) is 0 Å². The largest absolute Gasteiger partial charge is 0.277 e. The van der Waals surface area contributed by atoms with Gasteiger partial charge in [0, 0.05) is 27.7 Å². The summed E-state index contributed by atoms with van der Waals surface area (Å²) in [5.74, 6) is 0.815. The Bertz CT molecular complexity index is 2430. The quantitative estimate of drug-likeness (QED) is 0.219. The van der Waals surface area contributed by atoms with Gasteiger partial charge in [0.05, 0.1) is 11.0 Å². The number of rotatable bonds is 2. The van der Waals surface area contributed by atoms with Crippen molar-refractivity contribution >= 4 is 60.4 Å². The molecule has 9 rings (SSSR count). The predicted molar refractivity (Wildman–Crippen MR) is 163 cm³/mol. The van der Waals surface area contributed by atoms with Gasteiger partial charge in [-0.3, -0.25) is 8.97 Å². The molecule has 0 amide bonds. The first kappa shape index (κ1) is 21.4. The van der Waals surface area contributed by atoms with Gasteiger partial charge in [-0.05, 0) is 46.8 Å². The third-order valence-electron chi connectivity index (χ3n) is 7.95. The molecular weight excluding hydrogens is 490 g/mol. The van der Waals surface area contributed by atoms with Crippen LogP contribution in [0.15, 0.2) is 128 Å². The number of para-hydroxylation sites is 2. The van der Waals surface area contributed by atoms with Crippen molar-refractivity contribution in [3.05, 3.63) is 128 Å². The third kappa shape index (κ3) is 2.83. The van der Waals surface area contributed by atoms with Crippen LogP contribution in [0.25, 0.3) is 77.4 Å². The van der Waals surface area contributed by atoms with Crippen LogP contribution in [0.5, 0.6) is 0 Å². The normalized spacial score (nSPS) is 12.0. The Morgan fingerprint density at radius 2 is 1.20 bits per heavy atom. The van der Waals surface area contributed by atoms with Crippen molar-refractivity contribution < 1.29 is 0 Å². The van der Waals surface area contributed by atoms with Crippen molar-refractivity contribution in [2.24, 2.45) is 0 Å². The molecule has 5 heterocycles. The van der Waals surface area contributed by atoms with Crippen LogP contribution in [0.3, 0.4) is 0 Å². The highest BCUT2D eigenvalue weighted by atomic mass is 15.2. The first-order chi connectivity index (χ1) is 19.9. The highest BCUT2D eigenvalue weighted by Crippen LogP contribution is 2.38. The Morgan fingerprint density at radius 1 is 0.525 bits per heavy atom. The molecule has 0 saturated carbocycles. The molecule has 0 atom stereocenters. The number of hydrogen-bond acceptors (Lipinski definition) is 3. The summed E-state index contributed by atoms with van der Waals surface area (Å²) in [4.78, 5) is 15.1. The van der Waals surface area contributed by atoms with Crippen molar-refractivity contribution in [2.45, 2.75) is 0 Å². The molecule has 0 unspecified atom stereocenters. The smallest absolute Gasteiger partial charge is 0.162 e. The molecule has 4 aromatic carbocycles. The van der Waals surface area contributed by atoms with E-state index in [2.05, 4.69) is 118 Å². The van der Waals surface area contributed by atoms with Gasteiger partial charge in [0.15, 0.2) is 11.3 Å². The van der Waals surface area contributed by atoms with Crippen molar-refractivity contribution in [2.75, 3.05) is 0 Å². The second kappa shape index (κ2) is 7.98. The van der Waals surface area contributed by atoms with Crippen LogP contribution in [0.2, 0.25) is 0 Å². The second-order valence-electron chi connectivity index (χ2n) is 10.1. The lowest BCUT2D eigenvalue weighted by Gasteiger charge is -2.14. The average molecular weight is 512 g/mol. The van der Waals surface area contributed by atoms with E-state index < -0.39 is 0 Å². The van der Waals surface area contributed by atoms with E-state index in [4.69, 9.17) is 15.0 Å². The molecule has 0 saturated heterocycles. The monoisotopic (exact) mass is 511 g/mol. The molecule has 9 aromatic rings. The van der Waals surface area contributed by atoms with E-state index in [1.807, 2.05) is 18.3 Å². The van der Waals surface area contributed by atoms with Gasteiger partial charge in [-0.2, -0.15) is 0 Å². The maximum Gasteiger partial charge on any atom is 0.162 e. The van der Waals surface area contributed by atoms with E-state index in [9.17, 15) is 0 Å². The molecule has 5 aromatic heterocycles. The molecule has 0 radical (unpaired) electrons. The topological polar surface area (TPSA) is 48.0 Å². The second-order valence-corrected chi connectivity index (χ2v) is 10.1. The van der Waals surface area contributed by atoms with E-state index in [0.29, 0.717) is 5.65 Å². The minimum absolute atomic E-state index is 0.717. The van der Waals surface area contributed by atoms with Crippen molar-refractivity contribution in [3.8, 4) is 16.9 Å². The van der Waals surface area contributed by atoms with Crippen LogP contribution in [0, 0.1) is 0 Å². The van der Waals surface area contributed by atoms with E-state index in [0.717, 1.165) is 60.9 Å². The molecule has 186 valence electrons. The SMILES string of the molecule is c1ccc(-c2cc(-n3c4ccccc4c4nc5c6ccccc6c6ccccc6n5c43)nc3ncccc23)cc1. The van der Waals surface area contributed by atoms with Gasteiger partial charge in [0.1, 0.15) is 17.0 Å². The van der Waals surface area contributed by atoms with Crippen LogP contribution >= 0.6 is 0 Å². The number of imidazole rings is 1. The third-order valence-corrected chi connectivity index (χ3v) is 7.95. The fourth-order valence-electron chi connectivity index (χ4n) is 6.25. The summed E-state index contributed by atoms with van der Waals surface area (Å²) in [5, 5.41) is 5.65. The van der Waals surface area contributed by atoms with Gasteiger partial charge < -0.3 is 0 Å². The zero-order valence-electron chi connectivity index (χ0n) is 21.4. The van der Waals surface area contributed by atoms with Crippen LogP contribution in [-0.2, 0) is 0 Å². The summed E-state index contributed by atoms with van der Waals surface area (Å²) < 4.78 is 4.56. The van der Waals surface area contributed by atoms with Gasteiger partial charge in [0.25, 0.3) is 0 Å². The summed E-state index contributed by atoms with van der Waals surface area (Å²) in [5.41, 5.74) is 8.03. The predicted octanol–water partition coefficient (Wildman–Crippen LogP) is 8.35. The van der Waals surface area contributed by atoms with E-state index >= 15 is 0 Å². The standard InChI is InChI=1S/C35H21N5/c1-2-11-22(12-3-1)28-21-31(37-33-25(28)17-10-20-36-33)39-30-19-9-7-16-27(30)32-35(39)40-29-18-8-6-14-24(29)23-13-4-5-15-26(23)34(40)38-32/h1-21H. The lowest BCUT2D eigenvalue weighted by atomic mass is 10.0. The first-order valence-corrected chi connectivity index (χ1v) is 13.4. The van der Waals surface area contributed by atoms with Gasteiger partial charge in [-0.15, -0.1) is 0 Å². The zero-order chi connectivity index (χ0) is 26.2. The van der Waals surface area contributed by atoms with Crippen molar-refractivity contribution in [3.63, 3.8) is 0 Å². The number of aromatic nitrogens is 5. The van der Waals surface area contributed by atoms with Gasteiger partial charge in [-0.1, -0.05) is 91.0 Å². The lowest BCUT2D eigenvalue weighted by molar-refractivity contribution is 1.06. The van der Waals surface area contributed by atoms with E-state index in [-0.39, 0.29) is 0 Å². The van der Waals surface area contributed by atoms with Crippen LogP contribution in [0.4, 0.5) is 0 Å². The number of pyridine rings is 3. The number of fused-ring (bicyclic) bond motifs is 11. The fraction of sp³-hybridized carbons (Fsp3) is 0. The maximum atomic E-state index is 5.31. The number of hydrogen-bond donors (Lipinski definition) is 0.